The Bertz CT molecular complexity index is 1150. The van der Waals surface area contributed by atoms with Crippen LogP contribution in [0.25, 0.3) is 22.4 Å². The first kappa shape index (κ1) is 23.5. The Balaban J connectivity index is 1.99. The maximum Gasteiger partial charge on any atom is 0.201 e. The van der Waals surface area contributed by atoms with Crippen LogP contribution in [0.2, 0.25) is 0 Å². The molecule has 0 N–H and O–H groups in total. The van der Waals surface area contributed by atoms with Crippen LogP contribution in [0.1, 0.15) is 42.9 Å². The van der Waals surface area contributed by atoms with E-state index in [1.165, 1.54) is 24.3 Å². The SMILES string of the molecule is C=CCOc1cc2ccc(C(F)=C(F)c3ccc(CCCCC)cc3)c(F)c2c(F)c1F. The topological polar surface area (TPSA) is 9.23 Å². The van der Waals surface area contributed by atoms with Gasteiger partial charge in [-0.15, -0.1) is 0 Å². The van der Waals surface area contributed by atoms with Gasteiger partial charge in [-0.25, -0.2) is 17.6 Å². The van der Waals surface area contributed by atoms with Gasteiger partial charge in [0.2, 0.25) is 5.82 Å². The van der Waals surface area contributed by atoms with Crippen molar-refractivity contribution in [2.45, 2.75) is 32.6 Å². The van der Waals surface area contributed by atoms with E-state index in [9.17, 15) is 22.0 Å². The van der Waals surface area contributed by atoms with E-state index in [1.54, 1.807) is 12.1 Å². The monoisotopic (exact) mass is 446 g/mol. The smallest absolute Gasteiger partial charge is 0.201 e. The van der Waals surface area contributed by atoms with Gasteiger partial charge in [0.1, 0.15) is 12.4 Å². The summed E-state index contributed by atoms with van der Waals surface area (Å²) in [6, 6.07) is 9.47. The normalized spacial score (nSPS) is 12.1. The fourth-order valence-electron chi connectivity index (χ4n) is 3.42. The molecule has 168 valence electrons. The molecule has 3 rings (SSSR count). The summed E-state index contributed by atoms with van der Waals surface area (Å²) in [6.45, 7) is 5.42. The van der Waals surface area contributed by atoms with E-state index >= 15 is 0 Å². The fourth-order valence-corrected chi connectivity index (χ4v) is 3.42. The third-order valence-electron chi connectivity index (χ3n) is 5.15. The molecule has 0 fully saturated rings. The van der Waals surface area contributed by atoms with Gasteiger partial charge >= 0.3 is 0 Å². The van der Waals surface area contributed by atoms with Crippen LogP contribution in [0.4, 0.5) is 22.0 Å². The molecule has 1 nitrogen and oxygen atoms in total. The zero-order valence-electron chi connectivity index (χ0n) is 17.7. The second-order valence-electron chi connectivity index (χ2n) is 7.41. The molecule has 3 aromatic rings. The van der Waals surface area contributed by atoms with Gasteiger partial charge in [-0.3, -0.25) is 0 Å². The molecule has 3 aromatic carbocycles. The molecule has 0 saturated carbocycles. The van der Waals surface area contributed by atoms with Crippen LogP contribution in [-0.2, 0) is 6.42 Å². The first-order valence-corrected chi connectivity index (χ1v) is 10.4. The Morgan fingerprint density at radius 3 is 2.28 bits per heavy atom. The highest BCUT2D eigenvalue weighted by molar-refractivity contribution is 5.91. The molecule has 0 atom stereocenters. The molecule has 0 aliphatic rings. The molecule has 0 radical (unpaired) electrons. The molecule has 0 amide bonds. The number of hydrogen-bond acceptors (Lipinski definition) is 1. The second kappa shape index (κ2) is 10.4. The van der Waals surface area contributed by atoms with Crippen molar-refractivity contribution in [2.24, 2.45) is 0 Å². The van der Waals surface area contributed by atoms with Crippen molar-refractivity contribution < 1.29 is 26.7 Å². The lowest BCUT2D eigenvalue weighted by Gasteiger charge is -2.11. The quantitative estimate of drug-likeness (QED) is 0.139. The molecule has 0 unspecified atom stereocenters. The summed E-state index contributed by atoms with van der Waals surface area (Å²) in [7, 11) is 0. The van der Waals surface area contributed by atoms with E-state index in [-0.39, 0.29) is 17.6 Å². The Hall–Kier alpha value is -3.15. The van der Waals surface area contributed by atoms with Crippen molar-refractivity contribution in [1.29, 1.82) is 0 Å². The van der Waals surface area contributed by atoms with Gasteiger partial charge in [0.15, 0.2) is 23.2 Å². The van der Waals surface area contributed by atoms with Crippen LogP contribution in [0.5, 0.6) is 5.75 Å². The molecular formula is C26H23F5O. The van der Waals surface area contributed by atoms with Gasteiger partial charge in [-0.05, 0) is 35.9 Å². The minimum Gasteiger partial charge on any atom is -0.486 e. The molecule has 6 heteroatoms. The zero-order chi connectivity index (χ0) is 23.3. The summed E-state index contributed by atoms with van der Waals surface area (Å²) in [4.78, 5) is 0. The highest BCUT2D eigenvalue weighted by Gasteiger charge is 2.23. The van der Waals surface area contributed by atoms with Crippen LogP contribution < -0.4 is 4.74 Å². The van der Waals surface area contributed by atoms with Gasteiger partial charge in [-0.1, -0.05) is 62.8 Å². The largest absolute Gasteiger partial charge is 0.486 e. The summed E-state index contributed by atoms with van der Waals surface area (Å²) in [5, 5.41) is -0.825. The molecule has 32 heavy (non-hydrogen) atoms. The maximum atomic E-state index is 15.0. The Kier molecular flexibility index (Phi) is 7.67. The van der Waals surface area contributed by atoms with E-state index in [0.717, 1.165) is 43.4 Å². The van der Waals surface area contributed by atoms with Crippen molar-refractivity contribution in [3.05, 3.63) is 89.3 Å². The lowest BCUT2D eigenvalue weighted by Crippen LogP contribution is -2.01. The van der Waals surface area contributed by atoms with Crippen molar-refractivity contribution in [3.63, 3.8) is 0 Å². The molecule has 0 aliphatic heterocycles. The van der Waals surface area contributed by atoms with E-state index in [2.05, 4.69) is 13.5 Å². The van der Waals surface area contributed by atoms with E-state index in [4.69, 9.17) is 4.74 Å². The number of fused-ring (bicyclic) bond motifs is 1. The van der Waals surface area contributed by atoms with Crippen LogP contribution in [-0.4, -0.2) is 6.61 Å². The summed E-state index contributed by atoms with van der Waals surface area (Å²) >= 11 is 0. The number of unbranched alkanes of at least 4 members (excludes halogenated alkanes) is 2. The van der Waals surface area contributed by atoms with Crippen LogP contribution >= 0.6 is 0 Å². The van der Waals surface area contributed by atoms with Crippen LogP contribution in [0.3, 0.4) is 0 Å². The zero-order valence-corrected chi connectivity index (χ0v) is 17.7. The third kappa shape index (κ3) is 4.85. The van der Waals surface area contributed by atoms with Crippen molar-refractivity contribution >= 4 is 22.4 Å². The lowest BCUT2D eigenvalue weighted by molar-refractivity contribution is 0.334. The molecule has 0 aromatic heterocycles. The number of aryl methyl sites for hydroxylation is 1. The van der Waals surface area contributed by atoms with Crippen molar-refractivity contribution in [2.75, 3.05) is 6.61 Å². The predicted molar refractivity (Wildman–Crippen MR) is 118 cm³/mol. The van der Waals surface area contributed by atoms with Gasteiger partial charge in [0.05, 0.1) is 5.39 Å². The maximum absolute atomic E-state index is 15.0. The minimum absolute atomic E-state index is 0.0474. The lowest BCUT2D eigenvalue weighted by atomic mass is 10.0. The summed E-state index contributed by atoms with van der Waals surface area (Å²) < 4.78 is 78.4. The Morgan fingerprint density at radius 1 is 0.906 bits per heavy atom. The number of rotatable bonds is 9. The fraction of sp³-hybridized carbons (Fsp3) is 0.231. The van der Waals surface area contributed by atoms with Gasteiger partial charge in [0.25, 0.3) is 0 Å². The van der Waals surface area contributed by atoms with Crippen LogP contribution in [0.15, 0.2) is 55.1 Å². The molecule has 0 aliphatic carbocycles. The van der Waals surface area contributed by atoms with E-state index < -0.39 is 45.8 Å². The predicted octanol–water partition coefficient (Wildman–Crippen LogP) is 8.32. The first-order chi connectivity index (χ1) is 15.4. The highest BCUT2D eigenvalue weighted by Crippen LogP contribution is 2.36. The average molecular weight is 446 g/mol. The Labute approximate surface area is 183 Å². The summed E-state index contributed by atoms with van der Waals surface area (Å²) in [5.41, 5.74) is 0.125. The first-order valence-electron chi connectivity index (χ1n) is 10.4. The Morgan fingerprint density at radius 2 is 1.62 bits per heavy atom. The van der Waals surface area contributed by atoms with Crippen LogP contribution in [0, 0.1) is 17.5 Å². The highest BCUT2D eigenvalue weighted by atomic mass is 19.2. The third-order valence-corrected chi connectivity index (χ3v) is 5.15. The summed E-state index contributed by atoms with van der Waals surface area (Å²) in [5.74, 6) is -7.55. The number of halogens is 5. The second-order valence-corrected chi connectivity index (χ2v) is 7.41. The number of benzene rings is 3. The number of ether oxygens (including phenoxy) is 1. The molecule has 0 bridgehead atoms. The molecular weight excluding hydrogens is 423 g/mol. The standard InChI is InChI=1S/C26H23F5O/c1-3-5-6-7-16-8-10-17(11-9-16)22(27)24(29)19-13-12-18-15-20(32-14-4-2)25(30)26(31)21(18)23(19)28/h4,8-13,15H,2-3,5-7,14H2,1H3. The molecule has 0 spiro atoms. The van der Waals surface area contributed by atoms with Gasteiger partial charge < -0.3 is 4.74 Å². The van der Waals surface area contributed by atoms with E-state index in [0.29, 0.717) is 0 Å². The van der Waals surface area contributed by atoms with Crippen molar-refractivity contribution in [1.82, 2.24) is 0 Å². The van der Waals surface area contributed by atoms with Gasteiger partial charge in [0, 0.05) is 11.1 Å². The number of hydrogen-bond donors (Lipinski definition) is 0. The summed E-state index contributed by atoms with van der Waals surface area (Å²) in [6.07, 6.45) is 5.31. The molecule has 0 heterocycles. The van der Waals surface area contributed by atoms with Gasteiger partial charge in [-0.2, -0.15) is 4.39 Å². The van der Waals surface area contributed by atoms with Crippen molar-refractivity contribution in [3.8, 4) is 5.75 Å². The minimum atomic E-state index is -1.54. The average Bonchev–Trinajstić information content (AvgIpc) is 2.80. The van der Waals surface area contributed by atoms with E-state index in [1.807, 2.05) is 0 Å². The molecule has 0 saturated heterocycles.